The van der Waals surface area contributed by atoms with Gasteiger partial charge in [0, 0.05) is 11.4 Å². The van der Waals surface area contributed by atoms with E-state index in [1.165, 1.54) is 22.7 Å². The van der Waals surface area contributed by atoms with Gasteiger partial charge < -0.3 is 20.7 Å². The number of fused-ring (bicyclic) bond motifs is 2. The third-order valence-corrected chi connectivity index (χ3v) is 8.81. The lowest BCUT2D eigenvalue weighted by molar-refractivity contribution is 0.0997. The SMILES string of the molecule is CCOC(=O)N1CCc2c(sc(NC(=O)c3ccc(-c4nc5ccccc5s4)s3)c2C(N)=O)C1. The van der Waals surface area contributed by atoms with Crippen molar-refractivity contribution in [2.45, 2.75) is 19.9 Å². The van der Waals surface area contributed by atoms with E-state index in [0.29, 0.717) is 41.6 Å². The van der Waals surface area contributed by atoms with E-state index in [4.69, 9.17) is 10.5 Å². The fourth-order valence-electron chi connectivity index (χ4n) is 3.84. The number of primary amides is 1. The van der Waals surface area contributed by atoms with E-state index in [1.807, 2.05) is 30.3 Å². The van der Waals surface area contributed by atoms with Crippen LogP contribution in [0.1, 0.15) is 37.4 Å². The van der Waals surface area contributed by atoms with E-state index in [-0.39, 0.29) is 5.91 Å². The van der Waals surface area contributed by atoms with Crippen LogP contribution in [0.15, 0.2) is 36.4 Å². The van der Waals surface area contributed by atoms with Crippen LogP contribution in [0.3, 0.4) is 0 Å². The van der Waals surface area contributed by atoms with Crippen molar-refractivity contribution in [1.82, 2.24) is 9.88 Å². The highest BCUT2D eigenvalue weighted by molar-refractivity contribution is 7.26. The molecule has 0 saturated carbocycles. The molecular weight excluding hydrogens is 492 g/mol. The first-order valence-electron chi connectivity index (χ1n) is 10.6. The Balaban J connectivity index is 1.38. The molecule has 4 aromatic rings. The number of rotatable bonds is 5. The molecule has 0 radical (unpaired) electrons. The summed E-state index contributed by atoms with van der Waals surface area (Å²) in [6.07, 6.45) is 0.0771. The molecule has 34 heavy (non-hydrogen) atoms. The van der Waals surface area contributed by atoms with E-state index >= 15 is 0 Å². The number of carbonyl (C=O) groups excluding carboxylic acids is 3. The Labute approximate surface area is 207 Å². The lowest BCUT2D eigenvalue weighted by Gasteiger charge is -2.26. The van der Waals surface area contributed by atoms with Crippen molar-refractivity contribution in [2.24, 2.45) is 5.73 Å². The number of hydrogen-bond acceptors (Lipinski definition) is 8. The number of para-hydroxylation sites is 1. The van der Waals surface area contributed by atoms with Gasteiger partial charge in [-0.1, -0.05) is 12.1 Å². The number of ether oxygens (including phenoxy) is 1. The lowest BCUT2D eigenvalue weighted by Crippen LogP contribution is -2.36. The second kappa shape index (κ2) is 9.16. The lowest BCUT2D eigenvalue weighted by atomic mass is 10.0. The Morgan fingerprint density at radius 1 is 1.15 bits per heavy atom. The maximum absolute atomic E-state index is 13.0. The van der Waals surface area contributed by atoms with E-state index < -0.39 is 12.0 Å². The first kappa shape index (κ1) is 22.5. The number of benzene rings is 1. The molecule has 3 aromatic heterocycles. The van der Waals surface area contributed by atoms with Crippen LogP contribution >= 0.6 is 34.0 Å². The fourth-order valence-corrected chi connectivity index (χ4v) is 7.03. The minimum Gasteiger partial charge on any atom is -0.450 e. The number of hydrogen-bond donors (Lipinski definition) is 2. The quantitative estimate of drug-likeness (QED) is 0.393. The zero-order valence-electron chi connectivity index (χ0n) is 18.1. The Hall–Kier alpha value is -3.28. The van der Waals surface area contributed by atoms with Gasteiger partial charge in [-0.25, -0.2) is 9.78 Å². The number of aromatic nitrogens is 1. The molecule has 0 spiro atoms. The highest BCUT2D eigenvalue weighted by Crippen LogP contribution is 2.38. The van der Waals surface area contributed by atoms with E-state index in [2.05, 4.69) is 10.3 Å². The Kier molecular flexibility index (Phi) is 6.07. The predicted molar refractivity (Wildman–Crippen MR) is 135 cm³/mol. The summed E-state index contributed by atoms with van der Waals surface area (Å²) in [5.74, 6) is -0.917. The minimum absolute atomic E-state index is 0.292. The average molecular weight is 513 g/mol. The molecule has 3 amide bonds. The van der Waals surface area contributed by atoms with Crippen molar-refractivity contribution < 1.29 is 19.1 Å². The first-order chi connectivity index (χ1) is 16.4. The summed E-state index contributed by atoms with van der Waals surface area (Å²) in [7, 11) is 0. The fraction of sp³-hybridized carbons (Fsp3) is 0.217. The van der Waals surface area contributed by atoms with E-state index in [1.54, 1.807) is 29.2 Å². The van der Waals surface area contributed by atoms with Crippen molar-refractivity contribution in [2.75, 3.05) is 18.5 Å². The predicted octanol–water partition coefficient (Wildman–Crippen LogP) is 4.95. The van der Waals surface area contributed by atoms with Gasteiger partial charge >= 0.3 is 6.09 Å². The summed E-state index contributed by atoms with van der Waals surface area (Å²) in [6, 6.07) is 11.5. The van der Waals surface area contributed by atoms with E-state index in [9.17, 15) is 14.4 Å². The van der Waals surface area contributed by atoms with Crippen molar-refractivity contribution in [1.29, 1.82) is 0 Å². The number of thiazole rings is 1. The molecule has 1 aliphatic rings. The summed E-state index contributed by atoms with van der Waals surface area (Å²) in [6.45, 7) is 2.78. The molecule has 1 aromatic carbocycles. The number of amides is 3. The molecule has 5 rings (SSSR count). The van der Waals surface area contributed by atoms with Crippen molar-refractivity contribution >= 4 is 67.1 Å². The second-order valence-corrected chi connectivity index (χ2v) is 10.8. The molecule has 0 aliphatic carbocycles. The van der Waals surface area contributed by atoms with Crippen LogP contribution in [-0.4, -0.2) is 40.9 Å². The topological polar surface area (TPSA) is 115 Å². The van der Waals surface area contributed by atoms with Gasteiger partial charge in [-0.2, -0.15) is 0 Å². The van der Waals surface area contributed by atoms with Gasteiger partial charge in [-0.3, -0.25) is 9.59 Å². The molecule has 0 saturated heterocycles. The van der Waals surface area contributed by atoms with Crippen LogP contribution in [0.25, 0.3) is 20.1 Å². The average Bonchev–Trinajstić information content (AvgIpc) is 3.54. The monoisotopic (exact) mass is 512 g/mol. The molecule has 174 valence electrons. The van der Waals surface area contributed by atoms with Gasteiger partial charge in [0.1, 0.15) is 10.0 Å². The van der Waals surface area contributed by atoms with Gasteiger partial charge in [0.2, 0.25) is 0 Å². The van der Waals surface area contributed by atoms with Crippen molar-refractivity contribution in [3.8, 4) is 9.88 Å². The molecule has 3 N–H and O–H groups in total. The summed E-state index contributed by atoms with van der Waals surface area (Å²) in [5.41, 5.74) is 7.69. The highest BCUT2D eigenvalue weighted by atomic mass is 32.1. The number of anilines is 1. The molecule has 8 nitrogen and oxygen atoms in total. The first-order valence-corrected chi connectivity index (χ1v) is 13.0. The molecule has 0 fully saturated rings. The minimum atomic E-state index is -0.598. The maximum Gasteiger partial charge on any atom is 0.410 e. The van der Waals surface area contributed by atoms with Crippen molar-refractivity contribution in [3.05, 3.63) is 57.3 Å². The van der Waals surface area contributed by atoms with Gasteiger partial charge in [-0.15, -0.1) is 34.0 Å². The van der Waals surface area contributed by atoms with E-state index in [0.717, 1.165) is 30.5 Å². The largest absolute Gasteiger partial charge is 0.450 e. The molecular formula is C23H20N4O4S3. The van der Waals surface area contributed by atoms with Crippen LogP contribution in [-0.2, 0) is 17.7 Å². The second-order valence-electron chi connectivity index (χ2n) is 7.55. The normalized spacial score (nSPS) is 13.0. The standard InChI is InChI=1S/C23H20N4O4S3/c1-2-31-23(30)27-10-9-12-17(11-27)34-22(18(12)19(24)28)26-20(29)15-7-8-16(32-15)21-25-13-5-3-4-6-14(13)33-21/h3-8H,2,9-11H2,1H3,(H2,24,28)(H,26,29). The van der Waals surface area contributed by atoms with Crippen LogP contribution in [0.2, 0.25) is 0 Å². The van der Waals surface area contributed by atoms with Gasteiger partial charge in [0.05, 0.1) is 38.7 Å². The Morgan fingerprint density at radius 2 is 1.97 bits per heavy atom. The number of nitrogens with two attached hydrogens (primary N) is 1. The number of thiophene rings is 2. The third kappa shape index (κ3) is 4.17. The molecule has 11 heteroatoms. The zero-order valence-corrected chi connectivity index (χ0v) is 20.6. The molecule has 1 aliphatic heterocycles. The van der Waals surface area contributed by atoms with Gasteiger partial charge in [-0.05, 0) is 43.2 Å². The number of nitrogens with one attached hydrogen (secondary N) is 1. The van der Waals surface area contributed by atoms with Gasteiger partial charge in [0.25, 0.3) is 11.8 Å². The maximum atomic E-state index is 13.0. The smallest absolute Gasteiger partial charge is 0.410 e. The van der Waals surface area contributed by atoms with Crippen LogP contribution in [0, 0.1) is 0 Å². The van der Waals surface area contributed by atoms with Gasteiger partial charge in [0.15, 0.2) is 0 Å². The zero-order chi connectivity index (χ0) is 23.8. The summed E-state index contributed by atoms with van der Waals surface area (Å²) in [4.78, 5) is 45.8. The molecule has 0 atom stereocenters. The summed E-state index contributed by atoms with van der Waals surface area (Å²) in [5, 5.41) is 4.12. The third-order valence-electron chi connectivity index (χ3n) is 5.39. The summed E-state index contributed by atoms with van der Waals surface area (Å²) >= 11 is 4.19. The molecule has 4 heterocycles. The summed E-state index contributed by atoms with van der Waals surface area (Å²) < 4.78 is 6.18. The Morgan fingerprint density at radius 3 is 2.74 bits per heavy atom. The molecule has 0 bridgehead atoms. The Bertz CT molecular complexity index is 1390. The van der Waals surface area contributed by atoms with Crippen LogP contribution in [0.5, 0.6) is 0 Å². The van der Waals surface area contributed by atoms with Crippen LogP contribution < -0.4 is 11.1 Å². The van der Waals surface area contributed by atoms with Crippen molar-refractivity contribution in [3.63, 3.8) is 0 Å². The van der Waals surface area contributed by atoms with Crippen LogP contribution in [0.4, 0.5) is 9.80 Å². The number of nitrogens with zero attached hydrogens (tertiary/aromatic N) is 2. The number of carbonyl (C=O) groups is 3. The molecule has 0 unspecified atom stereocenters. The highest BCUT2D eigenvalue weighted by Gasteiger charge is 2.30.